The molecule has 2 atom stereocenters. The van der Waals surface area contributed by atoms with Crippen LogP contribution in [0, 0.1) is 5.92 Å². The molecule has 130 valence electrons. The van der Waals surface area contributed by atoms with Gasteiger partial charge in [0.05, 0.1) is 5.41 Å². The van der Waals surface area contributed by atoms with Gasteiger partial charge in [0, 0.05) is 19.5 Å². The Labute approximate surface area is 143 Å². The van der Waals surface area contributed by atoms with Gasteiger partial charge in [-0.15, -0.1) is 0 Å². The maximum Gasteiger partial charge on any atom is 0.303 e. The largest absolute Gasteiger partial charge is 0.481 e. The molecule has 1 heterocycles. The number of rotatable bonds is 4. The van der Waals surface area contributed by atoms with Gasteiger partial charge in [-0.1, -0.05) is 24.3 Å². The second kappa shape index (κ2) is 6.96. The highest BCUT2D eigenvalue weighted by Gasteiger charge is 2.42. The van der Waals surface area contributed by atoms with E-state index in [0.29, 0.717) is 18.9 Å². The summed E-state index contributed by atoms with van der Waals surface area (Å²) in [6.45, 7) is 3.61. The number of aliphatic carboxylic acids is 1. The zero-order valence-corrected chi connectivity index (χ0v) is 14.5. The van der Waals surface area contributed by atoms with Crippen LogP contribution in [0.4, 0.5) is 0 Å². The van der Waals surface area contributed by atoms with Crippen LogP contribution in [0.2, 0.25) is 0 Å². The van der Waals surface area contributed by atoms with E-state index in [0.717, 1.165) is 38.6 Å². The fourth-order valence-electron chi connectivity index (χ4n) is 4.43. The molecule has 0 bridgehead atoms. The summed E-state index contributed by atoms with van der Waals surface area (Å²) in [6.07, 6.45) is 5.90. The van der Waals surface area contributed by atoms with E-state index in [1.165, 1.54) is 11.1 Å². The lowest BCUT2D eigenvalue weighted by atomic mass is 9.70. The fraction of sp³-hybridized carbons (Fsp3) is 0.600. The van der Waals surface area contributed by atoms with Crippen LogP contribution in [0.3, 0.4) is 0 Å². The van der Waals surface area contributed by atoms with Crippen LogP contribution in [0.15, 0.2) is 24.3 Å². The number of nitrogens with zero attached hydrogens (tertiary/aromatic N) is 1. The summed E-state index contributed by atoms with van der Waals surface area (Å²) >= 11 is 0. The molecule has 1 fully saturated rings. The average molecular weight is 329 g/mol. The molecule has 1 saturated heterocycles. The molecule has 1 N–H and O–H groups in total. The highest BCUT2D eigenvalue weighted by atomic mass is 16.4. The first-order valence-corrected chi connectivity index (χ1v) is 9.10. The maximum absolute atomic E-state index is 13.3. The number of benzene rings is 1. The molecule has 2 unspecified atom stereocenters. The molecule has 4 nitrogen and oxygen atoms in total. The number of carbonyl (C=O) groups is 2. The van der Waals surface area contributed by atoms with Gasteiger partial charge >= 0.3 is 5.97 Å². The smallest absolute Gasteiger partial charge is 0.303 e. The number of amides is 1. The molecule has 2 aliphatic rings. The summed E-state index contributed by atoms with van der Waals surface area (Å²) in [5.74, 6) is -0.192. The van der Waals surface area contributed by atoms with E-state index in [9.17, 15) is 9.59 Å². The molecule has 24 heavy (non-hydrogen) atoms. The number of likely N-dealkylation sites (tertiary alicyclic amines) is 1. The summed E-state index contributed by atoms with van der Waals surface area (Å²) in [7, 11) is 0. The number of hydrogen-bond acceptors (Lipinski definition) is 2. The molecule has 0 saturated carbocycles. The second-order valence-corrected chi connectivity index (χ2v) is 7.53. The van der Waals surface area contributed by atoms with Gasteiger partial charge in [0.15, 0.2) is 0 Å². The molecule has 1 aromatic carbocycles. The summed E-state index contributed by atoms with van der Waals surface area (Å²) in [4.78, 5) is 26.1. The number of piperidine rings is 1. The highest BCUT2D eigenvalue weighted by Crippen LogP contribution is 2.39. The van der Waals surface area contributed by atoms with Crippen molar-refractivity contribution >= 4 is 11.9 Å². The Morgan fingerprint density at radius 2 is 2.08 bits per heavy atom. The van der Waals surface area contributed by atoms with E-state index >= 15 is 0 Å². The van der Waals surface area contributed by atoms with Gasteiger partial charge in [-0.2, -0.15) is 0 Å². The van der Waals surface area contributed by atoms with Crippen LogP contribution in [0.1, 0.15) is 56.6 Å². The number of hydrogen-bond donors (Lipinski definition) is 1. The van der Waals surface area contributed by atoms with E-state index in [1.807, 2.05) is 11.0 Å². The van der Waals surface area contributed by atoms with Crippen LogP contribution >= 0.6 is 0 Å². The quantitative estimate of drug-likeness (QED) is 0.921. The van der Waals surface area contributed by atoms with Crippen LogP contribution in [-0.2, 0) is 21.4 Å². The minimum atomic E-state index is -0.744. The van der Waals surface area contributed by atoms with Crippen molar-refractivity contribution in [1.29, 1.82) is 0 Å². The Kier molecular flexibility index (Phi) is 4.93. The Hall–Kier alpha value is -1.84. The minimum absolute atomic E-state index is 0.201. The Morgan fingerprint density at radius 3 is 2.88 bits per heavy atom. The summed E-state index contributed by atoms with van der Waals surface area (Å²) in [5.41, 5.74) is 2.07. The van der Waals surface area contributed by atoms with E-state index in [4.69, 9.17) is 5.11 Å². The van der Waals surface area contributed by atoms with E-state index < -0.39 is 11.4 Å². The van der Waals surface area contributed by atoms with Crippen LogP contribution < -0.4 is 0 Å². The average Bonchev–Trinajstić information content (AvgIpc) is 2.60. The minimum Gasteiger partial charge on any atom is -0.481 e. The van der Waals surface area contributed by atoms with Crippen molar-refractivity contribution < 1.29 is 14.7 Å². The number of carboxylic acids is 1. The second-order valence-electron chi connectivity index (χ2n) is 7.53. The standard InChI is InChI=1S/C20H27NO3/c1-20(12-4-8-16-7-2-3-9-17(16)20)19(24)21-13-5-6-15(14-21)10-11-18(22)23/h2-3,7,9,15H,4-6,8,10-14H2,1H3,(H,22,23). The number of fused-ring (bicyclic) bond motifs is 1. The molecule has 1 amide bonds. The summed E-state index contributed by atoms with van der Waals surface area (Å²) in [5, 5.41) is 8.89. The molecule has 1 aliphatic carbocycles. The number of carbonyl (C=O) groups excluding carboxylic acids is 1. The topological polar surface area (TPSA) is 57.6 Å². The SMILES string of the molecule is CC1(C(=O)N2CCCC(CCC(=O)O)C2)CCCc2ccccc21. The number of carboxylic acid groups (broad SMARTS) is 1. The zero-order chi connectivity index (χ0) is 17.2. The van der Waals surface area contributed by atoms with Gasteiger partial charge in [-0.05, 0) is 62.5 Å². The first kappa shape index (κ1) is 17.0. The molecule has 3 rings (SSSR count). The lowest BCUT2D eigenvalue weighted by Crippen LogP contribution is -2.50. The molecule has 0 radical (unpaired) electrons. The molecular formula is C20H27NO3. The normalized spacial score (nSPS) is 26.7. The number of aryl methyl sites for hydroxylation is 1. The van der Waals surface area contributed by atoms with Gasteiger partial charge in [-0.25, -0.2) is 0 Å². The predicted octanol–water partition coefficient (Wildman–Crippen LogP) is 3.38. The molecular weight excluding hydrogens is 302 g/mol. The van der Waals surface area contributed by atoms with E-state index in [-0.39, 0.29) is 12.3 Å². The van der Waals surface area contributed by atoms with Crippen molar-refractivity contribution in [2.24, 2.45) is 5.92 Å². The van der Waals surface area contributed by atoms with Crippen LogP contribution in [0.25, 0.3) is 0 Å². The molecule has 1 aromatic rings. The van der Waals surface area contributed by atoms with Gasteiger partial charge in [0.1, 0.15) is 0 Å². The first-order valence-electron chi connectivity index (χ1n) is 9.10. The lowest BCUT2D eigenvalue weighted by Gasteiger charge is -2.41. The third kappa shape index (κ3) is 3.33. The predicted molar refractivity (Wildman–Crippen MR) is 92.9 cm³/mol. The Bertz CT molecular complexity index is 627. The first-order chi connectivity index (χ1) is 11.5. The highest BCUT2D eigenvalue weighted by molar-refractivity contribution is 5.88. The van der Waals surface area contributed by atoms with Gasteiger partial charge < -0.3 is 10.0 Å². The third-order valence-corrected chi connectivity index (χ3v) is 5.78. The molecule has 0 spiro atoms. The van der Waals surface area contributed by atoms with Crippen LogP contribution in [-0.4, -0.2) is 35.0 Å². The van der Waals surface area contributed by atoms with Crippen molar-refractivity contribution in [2.75, 3.05) is 13.1 Å². The van der Waals surface area contributed by atoms with Crippen molar-refractivity contribution in [3.05, 3.63) is 35.4 Å². The summed E-state index contributed by atoms with van der Waals surface area (Å²) < 4.78 is 0. The molecule has 1 aliphatic heterocycles. The van der Waals surface area contributed by atoms with Crippen molar-refractivity contribution in [3.63, 3.8) is 0 Å². The van der Waals surface area contributed by atoms with Crippen LogP contribution in [0.5, 0.6) is 0 Å². The Morgan fingerprint density at radius 1 is 1.29 bits per heavy atom. The third-order valence-electron chi connectivity index (χ3n) is 5.78. The van der Waals surface area contributed by atoms with Gasteiger partial charge in [-0.3, -0.25) is 9.59 Å². The van der Waals surface area contributed by atoms with Gasteiger partial charge in [0.25, 0.3) is 0 Å². The fourth-order valence-corrected chi connectivity index (χ4v) is 4.43. The van der Waals surface area contributed by atoms with Crippen molar-refractivity contribution in [3.8, 4) is 0 Å². The maximum atomic E-state index is 13.3. The summed E-state index contributed by atoms with van der Waals surface area (Å²) in [6, 6.07) is 8.34. The lowest BCUT2D eigenvalue weighted by molar-refractivity contribution is -0.139. The van der Waals surface area contributed by atoms with Crippen molar-refractivity contribution in [2.45, 2.75) is 57.3 Å². The molecule has 0 aromatic heterocycles. The van der Waals surface area contributed by atoms with Gasteiger partial charge in [0.2, 0.25) is 5.91 Å². The van der Waals surface area contributed by atoms with E-state index in [2.05, 4.69) is 25.1 Å². The monoisotopic (exact) mass is 329 g/mol. The zero-order valence-electron chi connectivity index (χ0n) is 14.5. The van der Waals surface area contributed by atoms with E-state index in [1.54, 1.807) is 0 Å². The Balaban J connectivity index is 1.75. The molecule has 4 heteroatoms. The van der Waals surface area contributed by atoms with Crippen molar-refractivity contribution in [1.82, 2.24) is 4.90 Å².